The van der Waals surface area contributed by atoms with E-state index in [1.807, 2.05) is 0 Å². The first-order valence-corrected chi connectivity index (χ1v) is 10.6. The number of aromatic nitrogens is 3. The van der Waals surface area contributed by atoms with Crippen LogP contribution in [0, 0.1) is 17.5 Å². The second-order valence-electron chi connectivity index (χ2n) is 8.76. The zero-order valence-corrected chi connectivity index (χ0v) is 18.3. The quantitative estimate of drug-likeness (QED) is 0.494. The van der Waals surface area contributed by atoms with E-state index >= 15 is 4.39 Å². The number of likely N-dealkylation sites (N-methyl/N-ethyl adjacent to an activating group) is 1. The lowest BCUT2D eigenvalue weighted by Gasteiger charge is -2.24. The highest BCUT2D eigenvalue weighted by atomic mass is 19.1. The van der Waals surface area contributed by atoms with Crippen molar-refractivity contribution in [3.8, 4) is 11.1 Å². The van der Waals surface area contributed by atoms with Gasteiger partial charge < -0.3 is 15.2 Å². The van der Waals surface area contributed by atoms with Gasteiger partial charge in [-0.25, -0.2) is 27.9 Å². The van der Waals surface area contributed by atoms with Crippen LogP contribution in [-0.2, 0) is 12.6 Å². The molecule has 7 nitrogen and oxygen atoms in total. The van der Waals surface area contributed by atoms with Crippen molar-refractivity contribution in [1.82, 2.24) is 19.4 Å². The van der Waals surface area contributed by atoms with Crippen molar-refractivity contribution >= 4 is 28.6 Å². The number of carbonyl (C=O) groups excluding carboxylic acids is 1. The number of urea groups is 1. The van der Waals surface area contributed by atoms with Crippen LogP contribution in [0.2, 0.25) is 0 Å². The average Bonchev–Trinajstić information content (AvgIpc) is 3.38. The summed E-state index contributed by atoms with van der Waals surface area (Å²) < 4.78 is 45.6. The monoisotopic (exact) mass is 464 g/mol. The van der Waals surface area contributed by atoms with Crippen LogP contribution in [0.5, 0.6) is 0 Å². The number of carbonyl (C=O) groups is 1. The van der Waals surface area contributed by atoms with Crippen LogP contribution in [0.3, 0.4) is 0 Å². The summed E-state index contributed by atoms with van der Waals surface area (Å²) in [5.74, 6) is -1.48. The minimum Gasteiger partial charge on any atom is -0.383 e. The Kier molecular flexibility index (Phi) is 4.06. The van der Waals surface area contributed by atoms with Crippen molar-refractivity contribution in [1.29, 1.82) is 0 Å². The molecule has 6 rings (SSSR count). The number of amides is 2. The molecule has 2 amide bonds. The molecule has 1 saturated carbocycles. The predicted molar refractivity (Wildman–Crippen MR) is 120 cm³/mol. The number of rotatable bonds is 3. The van der Waals surface area contributed by atoms with Crippen LogP contribution < -0.4 is 10.6 Å². The minimum atomic E-state index is -0.986. The summed E-state index contributed by atoms with van der Waals surface area (Å²) in [4.78, 5) is 24.2. The average molecular weight is 464 g/mol. The molecule has 0 radical (unpaired) electrons. The Morgan fingerprint density at radius 1 is 1.03 bits per heavy atom. The summed E-state index contributed by atoms with van der Waals surface area (Å²) in [6.07, 6.45) is 3.48. The number of hydrogen-bond donors (Lipinski definition) is 1. The van der Waals surface area contributed by atoms with E-state index in [4.69, 9.17) is 5.73 Å². The lowest BCUT2D eigenvalue weighted by atomic mass is 10.0. The van der Waals surface area contributed by atoms with Gasteiger partial charge in [0, 0.05) is 49.1 Å². The molecular weight excluding hydrogens is 445 g/mol. The van der Waals surface area contributed by atoms with Gasteiger partial charge in [0.1, 0.15) is 35.2 Å². The van der Waals surface area contributed by atoms with Crippen molar-refractivity contribution in [2.75, 3.05) is 17.7 Å². The summed E-state index contributed by atoms with van der Waals surface area (Å²) >= 11 is 0. The van der Waals surface area contributed by atoms with Crippen LogP contribution in [0.1, 0.15) is 12.0 Å². The third-order valence-electron chi connectivity index (χ3n) is 7.00. The highest BCUT2D eigenvalue weighted by Gasteiger charge is 2.70. The van der Waals surface area contributed by atoms with Crippen molar-refractivity contribution in [2.24, 2.45) is 7.05 Å². The fourth-order valence-electron chi connectivity index (χ4n) is 5.27. The van der Waals surface area contributed by atoms with Gasteiger partial charge in [-0.15, -0.1) is 0 Å². The Bertz CT molecular complexity index is 1520. The maximum Gasteiger partial charge on any atom is 0.325 e. The standard InChI is InChI=1S/C24H19F3N6O/c1-31-10-15(20-21(28)29-11-30-22(20)31)14-5-4-13(8-18(14)27)33-19-9-24(19,32(2)23(33)34)16-7-12(25)3-6-17(16)26/h3-8,10-11,19H,9H2,1-2H3,(H2,28,29,30). The van der Waals surface area contributed by atoms with E-state index in [0.29, 0.717) is 28.7 Å². The van der Waals surface area contributed by atoms with Crippen molar-refractivity contribution < 1.29 is 18.0 Å². The van der Waals surface area contributed by atoms with Gasteiger partial charge in [-0.1, -0.05) is 0 Å². The molecule has 1 aliphatic carbocycles. The Hall–Kier alpha value is -4.08. The second-order valence-corrected chi connectivity index (χ2v) is 8.76. The first-order valence-electron chi connectivity index (χ1n) is 10.6. The molecule has 3 heterocycles. The summed E-state index contributed by atoms with van der Waals surface area (Å²) in [5, 5.41) is 0.538. The van der Waals surface area contributed by atoms with E-state index in [1.54, 1.807) is 37.0 Å². The van der Waals surface area contributed by atoms with E-state index in [-0.39, 0.29) is 16.9 Å². The third-order valence-corrected chi connectivity index (χ3v) is 7.00. The van der Waals surface area contributed by atoms with Crippen LogP contribution in [-0.4, -0.2) is 38.6 Å². The van der Waals surface area contributed by atoms with Gasteiger partial charge in [-0.3, -0.25) is 4.90 Å². The first-order chi connectivity index (χ1) is 16.2. The fourth-order valence-corrected chi connectivity index (χ4v) is 5.27. The molecule has 2 aromatic carbocycles. The fraction of sp³-hybridized carbons (Fsp3) is 0.208. The van der Waals surface area contributed by atoms with Crippen LogP contribution in [0.4, 0.5) is 29.5 Å². The maximum atomic E-state index is 15.4. The van der Waals surface area contributed by atoms with Crippen molar-refractivity contribution in [2.45, 2.75) is 18.0 Å². The Morgan fingerprint density at radius 3 is 2.59 bits per heavy atom. The molecule has 1 saturated heterocycles. The number of fused-ring (bicyclic) bond motifs is 2. The smallest absolute Gasteiger partial charge is 0.325 e. The highest BCUT2D eigenvalue weighted by Crippen LogP contribution is 2.60. The Labute approximate surface area is 192 Å². The summed E-state index contributed by atoms with van der Waals surface area (Å²) in [7, 11) is 3.33. The number of hydrogen-bond acceptors (Lipinski definition) is 4. The largest absolute Gasteiger partial charge is 0.383 e. The molecule has 2 fully saturated rings. The van der Waals surface area contributed by atoms with Gasteiger partial charge in [0.05, 0.1) is 17.0 Å². The van der Waals surface area contributed by atoms with Gasteiger partial charge in [0.15, 0.2) is 0 Å². The van der Waals surface area contributed by atoms with Crippen LogP contribution >= 0.6 is 0 Å². The van der Waals surface area contributed by atoms with Crippen molar-refractivity contribution in [3.63, 3.8) is 0 Å². The number of halogens is 3. The molecule has 1 aliphatic heterocycles. The van der Waals surface area contributed by atoms with Crippen LogP contribution in [0.25, 0.3) is 22.2 Å². The second kappa shape index (κ2) is 6.72. The third kappa shape index (κ3) is 2.56. The van der Waals surface area contributed by atoms with E-state index < -0.39 is 35.1 Å². The Morgan fingerprint density at radius 2 is 1.82 bits per heavy atom. The normalized spacial score (nSPS) is 21.4. The number of nitrogen functional groups attached to an aromatic ring is 1. The summed E-state index contributed by atoms with van der Waals surface area (Å²) in [6.45, 7) is 0. The first kappa shape index (κ1) is 20.5. The highest BCUT2D eigenvalue weighted by molar-refractivity contribution is 6.02. The van der Waals surface area contributed by atoms with E-state index in [9.17, 15) is 13.6 Å². The zero-order valence-electron chi connectivity index (χ0n) is 18.3. The van der Waals surface area contributed by atoms with Crippen LogP contribution in [0.15, 0.2) is 48.9 Å². The molecule has 2 unspecified atom stereocenters. The molecule has 2 N–H and O–H groups in total. The summed E-state index contributed by atoms with van der Waals surface area (Å²) in [6, 6.07) is 6.87. The predicted octanol–water partition coefficient (Wildman–Crippen LogP) is 4.17. The van der Waals surface area contributed by atoms with E-state index in [2.05, 4.69) is 9.97 Å². The summed E-state index contributed by atoms with van der Waals surface area (Å²) in [5.41, 5.74) is 6.90. The SMILES string of the molecule is CN1C(=O)N(c2ccc(-c3cn(C)c4ncnc(N)c34)c(F)c2)C2CC21c1cc(F)ccc1F. The molecule has 2 aromatic heterocycles. The molecular formula is C24H19F3N6O. The van der Waals surface area contributed by atoms with Crippen molar-refractivity contribution in [3.05, 3.63) is 71.9 Å². The Balaban J connectivity index is 1.41. The molecule has 2 atom stereocenters. The number of anilines is 2. The molecule has 0 spiro atoms. The van der Waals surface area contributed by atoms with E-state index in [1.165, 1.54) is 22.2 Å². The molecule has 0 bridgehead atoms. The topological polar surface area (TPSA) is 80.3 Å². The maximum absolute atomic E-state index is 15.4. The van der Waals surface area contributed by atoms with Gasteiger partial charge in [-0.2, -0.15) is 0 Å². The molecule has 10 heteroatoms. The van der Waals surface area contributed by atoms with Gasteiger partial charge in [-0.05, 0) is 36.4 Å². The number of nitrogens with two attached hydrogens (primary N) is 1. The lowest BCUT2D eigenvalue weighted by Crippen LogP contribution is -2.37. The number of aryl methyl sites for hydroxylation is 1. The minimum absolute atomic E-state index is 0.124. The number of benzene rings is 2. The van der Waals surface area contributed by atoms with Gasteiger partial charge in [0.2, 0.25) is 0 Å². The molecule has 4 aromatic rings. The number of nitrogens with zero attached hydrogens (tertiary/aromatic N) is 5. The molecule has 34 heavy (non-hydrogen) atoms. The van der Waals surface area contributed by atoms with E-state index in [0.717, 1.165) is 18.2 Å². The zero-order chi connectivity index (χ0) is 23.9. The lowest BCUT2D eigenvalue weighted by molar-refractivity contribution is 0.204. The van der Waals surface area contributed by atoms with Gasteiger partial charge >= 0.3 is 6.03 Å². The van der Waals surface area contributed by atoms with Gasteiger partial charge in [0.25, 0.3) is 0 Å². The molecule has 2 aliphatic rings. The molecule has 172 valence electrons.